The van der Waals surface area contributed by atoms with Crippen LogP contribution < -0.4 is 11.0 Å². The molecule has 26 heavy (non-hydrogen) atoms. The Bertz CT molecular complexity index is 1180. The third kappa shape index (κ3) is 3.25. The molecule has 7 nitrogen and oxygen atoms in total. The van der Waals surface area contributed by atoms with Crippen molar-refractivity contribution in [3.63, 3.8) is 0 Å². The molecule has 0 aliphatic rings. The number of nitrogens with zero attached hydrogens (tertiary/aromatic N) is 2. The number of benzene rings is 2. The summed E-state index contributed by atoms with van der Waals surface area (Å²) in [6.07, 6.45) is 0. The molecule has 1 aromatic heterocycles. The zero-order valence-electron chi connectivity index (χ0n) is 14.1. The molecule has 0 atom stereocenters. The summed E-state index contributed by atoms with van der Waals surface area (Å²) in [5.41, 5.74) is 0.925. The van der Waals surface area contributed by atoms with Gasteiger partial charge in [-0.1, -0.05) is 6.07 Å². The van der Waals surface area contributed by atoms with Crippen molar-refractivity contribution in [2.24, 2.45) is 14.1 Å². The fraction of sp³-hybridized carbons (Fsp3) is 0.176. The highest BCUT2D eigenvalue weighted by molar-refractivity contribution is 7.92. The fourth-order valence-corrected chi connectivity index (χ4v) is 3.85. The van der Waals surface area contributed by atoms with Gasteiger partial charge < -0.3 is 5.32 Å². The minimum Gasteiger partial charge on any atom is -0.325 e. The van der Waals surface area contributed by atoms with Gasteiger partial charge in [0.15, 0.2) is 9.84 Å². The van der Waals surface area contributed by atoms with Crippen LogP contribution in [0.15, 0.2) is 52.2 Å². The quantitative estimate of drug-likeness (QED) is 0.745. The highest BCUT2D eigenvalue weighted by Crippen LogP contribution is 2.19. The average Bonchev–Trinajstić information content (AvgIpc) is 2.78. The van der Waals surface area contributed by atoms with Gasteiger partial charge >= 0.3 is 5.69 Å². The maximum Gasteiger partial charge on any atom is 0.328 e. The van der Waals surface area contributed by atoms with Crippen LogP contribution in [0.1, 0.15) is 0 Å². The molecule has 0 unspecified atom stereocenters. The lowest BCUT2D eigenvalue weighted by Gasteiger charge is -2.07. The number of fused-ring (bicyclic) bond motifs is 1. The van der Waals surface area contributed by atoms with Crippen molar-refractivity contribution in [1.82, 2.24) is 9.13 Å². The van der Waals surface area contributed by atoms with Crippen LogP contribution in [0.5, 0.6) is 0 Å². The molecule has 0 aliphatic heterocycles. The molecule has 2 aromatic carbocycles. The SMILES string of the molecule is Cn1c(=O)n(C)c2cc(S(=O)(=O)CC(=O)Nc3cccc(F)c3)ccc21. The molecule has 0 saturated carbocycles. The van der Waals surface area contributed by atoms with E-state index >= 15 is 0 Å². The van der Waals surface area contributed by atoms with Gasteiger partial charge in [-0.15, -0.1) is 0 Å². The van der Waals surface area contributed by atoms with Crippen molar-refractivity contribution in [2.75, 3.05) is 11.1 Å². The van der Waals surface area contributed by atoms with E-state index in [9.17, 15) is 22.4 Å². The Kier molecular flexibility index (Phi) is 4.41. The van der Waals surface area contributed by atoms with E-state index in [1.165, 1.54) is 52.6 Å². The van der Waals surface area contributed by atoms with E-state index in [2.05, 4.69) is 5.32 Å². The van der Waals surface area contributed by atoms with Crippen LogP contribution in [0.25, 0.3) is 11.0 Å². The van der Waals surface area contributed by atoms with Gasteiger partial charge in [-0.05, 0) is 36.4 Å². The molecule has 136 valence electrons. The number of imidazole rings is 1. The second kappa shape index (κ2) is 6.41. The summed E-state index contributed by atoms with van der Waals surface area (Å²) >= 11 is 0. The van der Waals surface area contributed by atoms with Crippen molar-refractivity contribution >= 4 is 32.5 Å². The number of carbonyl (C=O) groups is 1. The first kappa shape index (κ1) is 17.9. The van der Waals surface area contributed by atoms with Crippen LogP contribution in [0.4, 0.5) is 10.1 Å². The van der Waals surface area contributed by atoms with Crippen LogP contribution >= 0.6 is 0 Å². The Balaban J connectivity index is 1.88. The number of amides is 1. The number of sulfone groups is 1. The Hall–Kier alpha value is -2.94. The molecule has 0 radical (unpaired) electrons. The normalized spacial score (nSPS) is 11.7. The molecular weight excluding hydrogens is 361 g/mol. The smallest absolute Gasteiger partial charge is 0.325 e. The number of carbonyl (C=O) groups excluding carboxylic acids is 1. The molecular formula is C17H16FN3O4S. The monoisotopic (exact) mass is 377 g/mol. The lowest BCUT2D eigenvalue weighted by molar-refractivity contribution is -0.113. The van der Waals surface area contributed by atoms with E-state index in [4.69, 9.17) is 0 Å². The number of rotatable bonds is 4. The van der Waals surface area contributed by atoms with Crippen molar-refractivity contribution in [3.8, 4) is 0 Å². The summed E-state index contributed by atoms with van der Waals surface area (Å²) in [7, 11) is -0.804. The molecule has 3 rings (SSSR count). The van der Waals surface area contributed by atoms with Crippen LogP contribution in [0.2, 0.25) is 0 Å². The lowest BCUT2D eigenvalue weighted by Crippen LogP contribution is -2.23. The summed E-state index contributed by atoms with van der Waals surface area (Å²) in [6, 6.07) is 9.41. The first-order chi connectivity index (χ1) is 12.2. The average molecular weight is 377 g/mol. The molecule has 0 aliphatic carbocycles. The Morgan fingerprint density at radius 3 is 2.46 bits per heavy atom. The molecule has 1 N–H and O–H groups in total. The Morgan fingerprint density at radius 2 is 1.77 bits per heavy atom. The van der Waals surface area contributed by atoms with Crippen molar-refractivity contribution in [3.05, 3.63) is 58.8 Å². The highest BCUT2D eigenvalue weighted by Gasteiger charge is 2.21. The summed E-state index contributed by atoms with van der Waals surface area (Å²) in [5.74, 6) is -2.12. The van der Waals surface area contributed by atoms with Gasteiger partial charge in [-0.3, -0.25) is 13.9 Å². The topological polar surface area (TPSA) is 90.2 Å². The number of hydrogen-bond donors (Lipinski definition) is 1. The molecule has 3 aromatic rings. The molecule has 9 heteroatoms. The molecule has 0 spiro atoms. The lowest BCUT2D eigenvalue weighted by atomic mass is 10.3. The third-order valence-corrected chi connectivity index (χ3v) is 5.65. The number of aryl methyl sites for hydroxylation is 2. The standard InChI is InChI=1S/C17H16FN3O4S/c1-20-14-7-6-13(9-15(14)21(2)17(20)23)26(24,25)10-16(22)19-12-5-3-4-11(18)8-12/h3-9H,10H2,1-2H3,(H,19,22). The first-order valence-corrected chi connectivity index (χ1v) is 9.28. The van der Waals surface area contributed by atoms with E-state index in [-0.39, 0.29) is 16.3 Å². The minimum atomic E-state index is -3.93. The van der Waals surface area contributed by atoms with Gasteiger partial charge in [0, 0.05) is 19.8 Å². The Morgan fingerprint density at radius 1 is 1.08 bits per heavy atom. The van der Waals surface area contributed by atoms with Gasteiger partial charge in [0.2, 0.25) is 5.91 Å². The predicted molar refractivity (Wildman–Crippen MR) is 95.2 cm³/mol. The number of halogens is 1. The second-order valence-corrected chi connectivity index (χ2v) is 7.86. The van der Waals surface area contributed by atoms with E-state index in [0.717, 1.165) is 6.07 Å². The van der Waals surface area contributed by atoms with Gasteiger partial charge in [0.1, 0.15) is 11.6 Å². The van der Waals surface area contributed by atoms with Crippen molar-refractivity contribution < 1.29 is 17.6 Å². The van der Waals surface area contributed by atoms with Gasteiger partial charge in [-0.25, -0.2) is 17.6 Å². The predicted octanol–water partition coefficient (Wildman–Crippen LogP) is 1.43. The molecule has 0 saturated heterocycles. The zero-order chi connectivity index (χ0) is 19.1. The van der Waals surface area contributed by atoms with Gasteiger partial charge in [-0.2, -0.15) is 0 Å². The molecule has 0 fully saturated rings. The summed E-state index contributed by atoms with van der Waals surface area (Å²) in [5, 5.41) is 2.35. The zero-order valence-corrected chi connectivity index (χ0v) is 14.9. The van der Waals surface area contributed by atoms with E-state index < -0.39 is 27.3 Å². The molecule has 1 amide bonds. The maximum atomic E-state index is 13.1. The van der Waals surface area contributed by atoms with Crippen LogP contribution in [0, 0.1) is 5.82 Å². The second-order valence-electron chi connectivity index (χ2n) is 5.87. The highest BCUT2D eigenvalue weighted by atomic mass is 32.2. The van der Waals surface area contributed by atoms with E-state index in [1.807, 2.05) is 0 Å². The summed E-state index contributed by atoms with van der Waals surface area (Å²) in [4.78, 5) is 23.9. The van der Waals surface area contributed by atoms with Crippen LogP contribution in [-0.2, 0) is 28.7 Å². The van der Waals surface area contributed by atoms with E-state index in [0.29, 0.717) is 11.0 Å². The van der Waals surface area contributed by atoms with Crippen LogP contribution in [0.3, 0.4) is 0 Å². The van der Waals surface area contributed by atoms with Gasteiger partial charge in [0.25, 0.3) is 0 Å². The van der Waals surface area contributed by atoms with Crippen LogP contribution in [-0.4, -0.2) is 29.2 Å². The number of nitrogens with one attached hydrogen (secondary N) is 1. The molecule has 1 heterocycles. The van der Waals surface area contributed by atoms with Crippen molar-refractivity contribution in [1.29, 1.82) is 0 Å². The number of anilines is 1. The summed E-state index contributed by atoms with van der Waals surface area (Å²) in [6.45, 7) is 0. The number of aromatic nitrogens is 2. The number of hydrogen-bond acceptors (Lipinski definition) is 4. The van der Waals surface area contributed by atoms with E-state index in [1.54, 1.807) is 7.05 Å². The van der Waals surface area contributed by atoms with Gasteiger partial charge in [0.05, 0.1) is 15.9 Å². The Labute approximate surface area is 148 Å². The molecule has 0 bridgehead atoms. The largest absolute Gasteiger partial charge is 0.328 e. The maximum absolute atomic E-state index is 13.1. The minimum absolute atomic E-state index is 0.0689. The summed E-state index contributed by atoms with van der Waals surface area (Å²) < 4.78 is 40.9. The third-order valence-electron chi connectivity index (χ3n) is 4.03. The fourth-order valence-electron chi connectivity index (χ4n) is 2.70. The van der Waals surface area contributed by atoms with Crippen molar-refractivity contribution in [2.45, 2.75) is 4.90 Å². The first-order valence-electron chi connectivity index (χ1n) is 7.63.